The molecule has 0 aliphatic heterocycles. The van der Waals surface area contributed by atoms with E-state index in [-0.39, 0.29) is 12.2 Å². The quantitative estimate of drug-likeness (QED) is 0.0438. The zero-order valence-electron chi connectivity index (χ0n) is 24.7. The van der Waals surface area contributed by atoms with Crippen molar-refractivity contribution in [3.8, 4) is 0 Å². The van der Waals surface area contributed by atoms with E-state index < -0.39 is 0 Å². The average molecular weight is 549 g/mol. The van der Waals surface area contributed by atoms with Crippen LogP contribution in [0.5, 0.6) is 0 Å². The molecule has 0 aliphatic carbocycles. The standard InChI is InChI=1S/C26H64N10O2/c1-3-25(37)23-32-10-9-31-11-16-35(19-17-33(12-5-27)13-6-28)20-18-34(14-7-29)21-22-36(15-8-30)24-26(38)4-2/h25-26,31-32,37-38H,3-24,27-30H2,1-2H3. The predicted molar refractivity (Wildman–Crippen MR) is 160 cm³/mol. The van der Waals surface area contributed by atoms with E-state index in [0.29, 0.717) is 39.3 Å². The Morgan fingerprint density at radius 2 is 0.895 bits per heavy atom. The molecule has 2 atom stereocenters. The van der Waals surface area contributed by atoms with Crippen molar-refractivity contribution in [2.75, 3.05) is 131 Å². The molecule has 2 unspecified atom stereocenters. The number of hydrogen-bond acceptors (Lipinski definition) is 12. The molecule has 0 saturated heterocycles. The van der Waals surface area contributed by atoms with Crippen LogP contribution in [0, 0.1) is 0 Å². The van der Waals surface area contributed by atoms with Crippen LogP contribution >= 0.6 is 0 Å². The zero-order chi connectivity index (χ0) is 28.4. The molecule has 0 aliphatic rings. The van der Waals surface area contributed by atoms with Gasteiger partial charge in [-0.1, -0.05) is 13.8 Å². The van der Waals surface area contributed by atoms with Gasteiger partial charge in [0.2, 0.25) is 0 Å². The summed E-state index contributed by atoms with van der Waals surface area (Å²) in [5.74, 6) is 0. The molecule has 0 aromatic heterocycles. The maximum Gasteiger partial charge on any atom is 0.0664 e. The molecule has 12 N–H and O–H groups in total. The molecule has 12 nitrogen and oxygen atoms in total. The van der Waals surface area contributed by atoms with Crippen molar-refractivity contribution >= 4 is 0 Å². The van der Waals surface area contributed by atoms with E-state index in [1.807, 2.05) is 13.8 Å². The summed E-state index contributed by atoms with van der Waals surface area (Å²) in [5.41, 5.74) is 23.4. The molecule has 0 radical (unpaired) electrons. The lowest BCUT2D eigenvalue weighted by Gasteiger charge is -2.31. The molecule has 0 aromatic rings. The van der Waals surface area contributed by atoms with E-state index in [1.165, 1.54) is 0 Å². The Morgan fingerprint density at radius 3 is 1.37 bits per heavy atom. The van der Waals surface area contributed by atoms with Crippen LogP contribution in [0.1, 0.15) is 26.7 Å². The fraction of sp³-hybridized carbons (Fsp3) is 1.00. The highest BCUT2D eigenvalue weighted by Crippen LogP contribution is 2.00. The number of aliphatic hydroxyl groups excluding tert-OH is 2. The van der Waals surface area contributed by atoms with Crippen molar-refractivity contribution in [2.24, 2.45) is 22.9 Å². The van der Waals surface area contributed by atoms with Crippen molar-refractivity contribution in [1.29, 1.82) is 0 Å². The first-order valence-corrected chi connectivity index (χ1v) is 14.9. The van der Waals surface area contributed by atoms with Gasteiger partial charge in [0.15, 0.2) is 0 Å². The SMILES string of the molecule is CCC(O)CNCCNCCN(CCN(CCN)CCN)CCN(CCN)CCN(CCN)CC(O)CC. The lowest BCUT2D eigenvalue weighted by Crippen LogP contribution is -2.46. The Morgan fingerprint density at radius 1 is 0.500 bits per heavy atom. The van der Waals surface area contributed by atoms with Crippen LogP contribution in [0.15, 0.2) is 0 Å². The van der Waals surface area contributed by atoms with Gasteiger partial charge < -0.3 is 43.8 Å². The fourth-order valence-corrected chi connectivity index (χ4v) is 4.26. The van der Waals surface area contributed by atoms with Gasteiger partial charge in [-0.25, -0.2) is 0 Å². The normalized spacial score (nSPS) is 13.9. The maximum absolute atomic E-state index is 10.1. The van der Waals surface area contributed by atoms with Gasteiger partial charge in [0, 0.05) is 131 Å². The molecule has 12 heteroatoms. The summed E-state index contributed by atoms with van der Waals surface area (Å²) in [4.78, 5) is 9.52. The van der Waals surface area contributed by atoms with E-state index in [9.17, 15) is 10.2 Å². The minimum atomic E-state index is -0.315. The summed E-state index contributed by atoms with van der Waals surface area (Å²) in [7, 11) is 0. The minimum absolute atomic E-state index is 0.272. The molecule has 230 valence electrons. The summed E-state index contributed by atoms with van der Waals surface area (Å²) in [6, 6.07) is 0. The predicted octanol–water partition coefficient (Wildman–Crippen LogP) is -3.25. The molecule has 0 amide bonds. The molecular formula is C26H64N10O2. The third-order valence-electron chi connectivity index (χ3n) is 6.85. The number of hydrogen-bond donors (Lipinski definition) is 8. The van der Waals surface area contributed by atoms with Crippen LogP contribution in [0.3, 0.4) is 0 Å². The molecule has 0 heterocycles. The molecular weight excluding hydrogens is 484 g/mol. The van der Waals surface area contributed by atoms with Crippen LogP contribution in [-0.4, -0.2) is 173 Å². The van der Waals surface area contributed by atoms with Crippen LogP contribution in [-0.2, 0) is 0 Å². The Hall–Kier alpha value is -0.480. The topological polar surface area (TPSA) is 182 Å². The number of nitrogens with two attached hydrogens (primary N) is 4. The first-order valence-electron chi connectivity index (χ1n) is 14.9. The Balaban J connectivity index is 4.82. The Kier molecular flexibility index (Phi) is 26.4. The lowest BCUT2D eigenvalue weighted by molar-refractivity contribution is 0.101. The van der Waals surface area contributed by atoms with Gasteiger partial charge in [-0.05, 0) is 12.8 Å². The number of aliphatic hydroxyl groups is 2. The van der Waals surface area contributed by atoms with Gasteiger partial charge in [0.1, 0.15) is 0 Å². The summed E-state index contributed by atoms with van der Waals surface area (Å²) >= 11 is 0. The smallest absolute Gasteiger partial charge is 0.0664 e. The first-order chi connectivity index (χ1) is 18.4. The molecule has 0 fully saturated rings. The lowest BCUT2D eigenvalue weighted by atomic mass is 10.2. The Bertz CT molecular complexity index is 489. The van der Waals surface area contributed by atoms with E-state index in [0.717, 1.165) is 104 Å². The van der Waals surface area contributed by atoms with Gasteiger partial charge in [-0.3, -0.25) is 19.6 Å². The number of nitrogens with one attached hydrogen (secondary N) is 2. The van der Waals surface area contributed by atoms with E-state index in [2.05, 4.69) is 30.2 Å². The first kappa shape index (κ1) is 37.5. The average Bonchev–Trinajstić information content (AvgIpc) is 2.91. The monoisotopic (exact) mass is 549 g/mol. The fourth-order valence-electron chi connectivity index (χ4n) is 4.26. The Labute approximate surface area is 233 Å². The molecule has 0 rings (SSSR count). The van der Waals surface area contributed by atoms with Crippen LogP contribution in [0.25, 0.3) is 0 Å². The van der Waals surface area contributed by atoms with Crippen molar-refractivity contribution < 1.29 is 10.2 Å². The maximum atomic E-state index is 10.1. The van der Waals surface area contributed by atoms with Crippen LogP contribution in [0.4, 0.5) is 0 Å². The zero-order valence-corrected chi connectivity index (χ0v) is 24.7. The summed E-state index contributed by atoms with van der Waals surface area (Å²) in [5, 5.41) is 26.6. The van der Waals surface area contributed by atoms with Gasteiger partial charge in [0.25, 0.3) is 0 Å². The molecule has 0 saturated carbocycles. The highest BCUT2D eigenvalue weighted by atomic mass is 16.3. The van der Waals surface area contributed by atoms with E-state index >= 15 is 0 Å². The van der Waals surface area contributed by atoms with Gasteiger partial charge >= 0.3 is 0 Å². The van der Waals surface area contributed by atoms with E-state index in [4.69, 9.17) is 22.9 Å². The second-order valence-electron chi connectivity index (χ2n) is 10.1. The second kappa shape index (κ2) is 26.7. The van der Waals surface area contributed by atoms with Crippen LogP contribution < -0.4 is 33.6 Å². The number of nitrogens with zero attached hydrogens (tertiary/aromatic N) is 4. The van der Waals surface area contributed by atoms with Crippen molar-refractivity contribution in [2.45, 2.75) is 38.9 Å². The third-order valence-corrected chi connectivity index (χ3v) is 6.85. The largest absolute Gasteiger partial charge is 0.392 e. The number of rotatable bonds is 29. The van der Waals surface area contributed by atoms with Crippen molar-refractivity contribution in [1.82, 2.24) is 30.2 Å². The second-order valence-corrected chi connectivity index (χ2v) is 10.1. The molecule has 0 spiro atoms. The van der Waals surface area contributed by atoms with Gasteiger partial charge in [0.05, 0.1) is 12.2 Å². The summed E-state index contributed by atoms with van der Waals surface area (Å²) in [6.07, 6.45) is 0.933. The summed E-state index contributed by atoms with van der Waals surface area (Å²) < 4.78 is 0. The third kappa shape index (κ3) is 21.4. The van der Waals surface area contributed by atoms with Crippen molar-refractivity contribution in [3.63, 3.8) is 0 Å². The van der Waals surface area contributed by atoms with Crippen LogP contribution in [0.2, 0.25) is 0 Å². The molecule has 38 heavy (non-hydrogen) atoms. The molecule has 0 aromatic carbocycles. The highest BCUT2D eigenvalue weighted by molar-refractivity contribution is 4.72. The van der Waals surface area contributed by atoms with E-state index in [1.54, 1.807) is 0 Å². The van der Waals surface area contributed by atoms with Crippen molar-refractivity contribution in [3.05, 3.63) is 0 Å². The minimum Gasteiger partial charge on any atom is -0.392 e. The summed E-state index contributed by atoms with van der Waals surface area (Å²) in [6.45, 7) is 20.3. The molecule has 0 bridgehead atoms. The highest BCUT2D eigenvalue weighted by Gasteiger charge is 2.14. The van der Waals surface area contributed by atoms with Gasteiger partial charge in [-0.2, -0.15) is 0 Å². The van der Waals surface area contributed by atoms with Gasteiger partial charge in [-0.15, -0.1) is 0 Å².